The van der Waals surface area contributed by atoms with E-state index in [0.717, 1.165) is 12.8 Å². The number of ether oxygens (including phenoxy) is 1. The van der Waals surface area contributed by atoms with E-state index < -0.39 is 0 Å². The molecule has 1 aromatic rings. The van der Waals surface area contributed by atoms with Crippen molar-refractivity contribution < 1.29 is 4.74 Å². The molecule has 1 rings (SSSR count). The molecular weight excluding hydrogens is 258 g/mol. The first-order valence-electron chi connectivity index (χ1n) is 5.04. The van der Waals surface area contributed by atoms with E-state index in [1.807, 2.05) is 0 Å². The van der Waals surface area contributed by atoms with Crippen LogP contribution in [0.4, 0.5) is 5.82 Å². The number of rotatable bonds is 5. The smallest absolute Gasteiger partial charge is 0.233 e. The van der Waals surface area contributed by atoms with Crippen molar-refractivity contribution in [2.45, 2.75) is 26.7 Å². The largest absolute Gasteiger partial charge is 0.476 e. The summed E-state index contributed by atoms with van der Waals surface area (Å²) in [6.07, 6.45) is 3.72. The average molecular weight is 274 g/mol. The second kappa shape index (κ2) is 5.90. The first-order valence-corrected chi connectivity index (χ1v) is 5.83. The van der Waals surface area contributed by atoms with E-state index in [1.54, 1.807) is 0 Å². The SMILES string of the molecule is CCCC(C)COc1ncnc(N)c1Br. The van der Waals surface area contributed by atoms with Crippen LogP contribution in [0.3, 0.4) is 0 Å². The lowest BCUT2D eigenvalue weighted by atomic mass is 10.1. The summed E-state index contributed by atoms with van der Waals surface area (Å²) < 4.78 is 6.19. The maximum atomic E-state index is 5.61. The van der Waals surface area contributed by atoms with Gasteiger partial charge < -0.3 is 10.5 Å². The predicted molar refractivity (Wildman–Crippen MR) is 63.7 cm³/mol. The highest BCUT2D eigenvalue weighted by Crippen LogP contribution is 2.26. The van der Waals surface area contributed by atoms with Crippen LogP contribution in [-0.4, -0.2) is 16.6 Å². The van der Waals surface area contributed by atoms with Gasteiger partial charge in [-0.1, -0.05) is 20.3 Å². The second-order valence-corrected chi connectivity index (χ2v) is 4.38. The van der Waals surface area contributed by atoms with E-state index in [4.69, 9.17) is 10.5 Å². The Hall–Kier alpha value is -0.840. The summed E-state index contributed by atoms with van der Waals surface area (Å²) in [5, 5.41) is 0. The lowest BCUT2D eigenvalue weighted by molar-refractivity contribution is 0.241. The molecule has 15 heavy (non-hydrogen) atoms. The number of hydrogen-bond donors (Lipinski definition) is 1. The Morgan fingerprint density at radius 3 is 2.93 bits per heavy atom. The summed E-state index contributed by atoms with van der Waals surface area (Å²) in [4.78, 5) is 7.85. The van der Waals surface area contributed by atoms with Gasteiger partial charge in [-0.3, -0.25) is 0 Å². The van der Waals surface area contributed by atoms with E-state index in [-0.39, 0.29) is 0 Å². The van der Waals surface area contributed by atoms with Crippen LogP contribution in [-0.2, 0) is 0 Å². The van der Waals surface area contributed by atoms with Crippen molar-refractivity contribution >= 4 is 21.7 Å². The zero-order chi connectivity index (χ0) is 11.3. The summed E-state index contributed by atoms with van der Waals surface area (Å²) in [7, 11) is 0. The number of hydrogen-bond acceptors (Lipinski definition) is 4. The van der Waals surface area contributed by atoms with E-state index in [2.05, 4.69) is 39.7 Å². The zero-order valence-electron chi connectivity index (χ0n) is 9.03. The minimum Gasteiger partial charge on any atom is -0.476 e. The van der Waals surface area contributed by atoms with Gasteiger partial charge in [-0.05, 0) is 28.3 Å². The van der Waals surface area contributed by atoms with Crippen molar-refractivity contribution in [1.29, 1.82) is 0 Å². The van der Waals surface area contributed by atoms with Crippen LogP contribution in [0.25, 0.3) is 0 Å². The van der Waals surface area contributed by atoms with Gasteiger partial charge in [0.15, 0.2) is 0 Å². The van der Waals surface area contributed by atoms with Gasteiger partial charge in [-0.15, -0.1) is 0 Å². The van der Waals surface area contributed by atoms with Gasteiger partial charge in [0.25, 0.3) is 0 Å². The number of anilines is 1. The van der Waals surface area contributed by atoms with Gasteiger partial charge >= 0.3 is 0 Å². The van der Waals surface area contributed by atoms with Crippen molar-refractivity contribution in [2.75, 3.05) is 12.3 Å². The summed E-state index contributed by atoms with van der Waals surface area (Å²) in [5.41, 5.74) is 5.61. The fourth-order valence-electron chi connectivity index (χ4n) is 1.26. The molecule has 84 valence electrons. The molecule has 5 heteroatoms. The molecule has 1 unspecified atom stereocenters. The Bertz CT molecular complexity index is 320. The Kier molecular flexibility index (Phi) is 4.81. The maximum Gasteiger partial charge on any atom is 0.233 e. The van der Waals surface area contributed by atoms with Crippen LogP contribution in [0.5, 0.6) is 5.88 Å². The van der Waals surface area contributed by atoms with Crippen LogP contribution < -0.4 is 10.5 Å². The molecule has 0 saturated heterocycles. The van der Waals surface area contributed by atoms with Crippen LogP contribution >= 0.6 is 15.9 Å². The minimum atomic E-state index is 0.406. The third kappa shape index (κ3) is 3.66. The van der Waals surface area contributed by atoms with E-state index in [1.165, 1.54) is 6.33 Å². The lowest BCUT2D eigenvalue weighted by Crippen LogP contribution is -2.10. The molecule has 0 amide bonds. The fourth-order valence-corrected chi connectivity index (χ4v) is 1.58. The van der Waals surface area contributed by atoms with Crippen molar-refractivity contribution in [2.24, 2.45) is 5.92 Å². The van der Waals surface area contributed by atoms with Crippen molar-refractivity contribution in [1.82, 2.24) is 9.97 Å². The zero-order valence-corrected chi connectivity index (χ0v) is 10.6. The average Bonchev–Trinajstić information content (AvgIpc) is 2.21. The van der Waals surface area contributed by atoms with Crippen LogP contribution in [0.2, 0.25) is 0 Å². The van der Waals surface area contributed by atoms with E-state index in [9.17, 15) is 0 Å². The summed E-state index contributed by atoms with van der Waals surface area (Å²) in [6.45, 7) is 4.97. The maximum absolute atomic E-state index is 5.61. The molecule has 1 aromatic heterocycles. The normalized spacial score (nSPS) is 12.5. The highest BCUT2D eigenvalue weighted by molar-refractivity contribution is 9.10. The lowest BCUT2D eigenvalue weighted by Gasteiger charge is -2.12. The second-order valence-electron chi connectivity index (χ2n) is 3.58. The molecule has 0 spiro atoms. The molecule has 4 nitrogen and oxygen atoms in total. The number of halogens is 1. The Morgan fingerprint density at radius 2 is 2.27 bits per heavy atom. The Labute approximate surface area is 98.4 Å². The molecule has 1 atom stereocenters. The first kappa shape index (κ1) is 12.2. The van der Waals surface area contributed by atoms with Crippen LogP contribution in [0.15, 0.2) is 10.8 Å². The van der Waals surface area contributed by atoms with Gasteiger partial charge in [0, 0.05) is 0 Å². The van der Waals surface area contributed by atoms with Crippen molar-refractivity contribution in [3.63, 3.8) is 0 Å². The standard InChI is InChI=1S/C10H16BrN3O/c1-3-4-7(2)5-15-10-8(11)9(12)13-6-14-10/h6-7H,3-5H2,1-2H3,(H2,12,13,14). The Balaban J connectivity index is 2.54. The molecule has 0 saturated carbocycles. The highest BCUT2D eigenvalue weighted by atomic mass is 79.9. The molecule has 0 aliphatic heterocycles. The highest BCUT2D eigenvalue weighted by Gasteiger charge is 2.08. The van der Waals surface area contributed by atoms with Crippen LogP contribution in [0, 0.1) is 5.92 Å². The molecular formula is C10H16BrN3O. The number of aromatic nitrogens is 2. The third-order valence-corrected chi connectivity index (χ3v) is 2.82. The summed E-state index contributed by atoms with van der Waals surface area (Å²) >= 11 is 3.29. The van der Waals surface area contributed by atoms with Crippen molar-refractivity contribution in [3.05, 3.63) is 10.8 Å². The molecule has 2 N–H and O–H groups in total. The summed E-state index contributed by atoms with van der Waals surface area (Å²) in [6, 6.07) is 0. The number of nitrogen functional groups attached to an aromatic ring is 1. The van der Waals surface area contributed by atoms with Crippen LogP contribution in [0.1, 0.15) is 26.7 Å². The fraction of sp³-hybridized carbons (Fsp3) is 0.600. The summed E-state index contributed by atoms with van der Waals surface area (Å²) in [5.74, 6) is 1.45. The van der Waals surface area contributed by atoms with E-state index >= 15 is 0 Å². The number of nitrogens with zero attached hydrogens (tertiary/aromatic N) is 2. The topological polar surface area (TPSA) is 61.0 Å². The predicted octanol–water partition coefficient (Wildman–Crippen LogP) is 2.64. The molecule has 0 aliphatic carbocycles. The number of nitrogens with two attached hydrogens (primary N) is 1. The Morgan fingerprint density at radius 1 is 1.53 bits per heavy atom. The van der Waals surface area contributed by atoms with Gasteiger partial charge in [-0.25, -0.2) is 9.97 Å². The van der Waals surface area contributed by atoms with Gasteiger partial charge in [-0.2, -0.15) is 0 Å². The minimum absolute atomic E-state index is 0.406. The molecule has 0 bridgehead atoms. The van der Waals surface area contributed by atoms with Gasteiger partial charge in [0.1, 0.15) is 16.6 Å². The van der Waals surface area contributed by atoms with Gasteiger partial charge in [0.2, 0.25) is 5.88 Å². The first-order chi connectivity index (χ1) is 7.15. The molecule has 0 aromatic carbocycles. The molecule has 0 fully saturated rings. The molecule has 1 heterocycles. The van der Waals surface area contributed by atoms with E-state index in [0.29, 0.717) is 28.7 Å². The molecule has 0 aliphatic rings. The third-order valence-electron chi connectivity index (χ3n) is 2.07. The molecule has 0 radical (unpaired) electrons. The van der Waals surface area contributed by atoms with Gasteiger partial charge in [0.05, 0.1) is 6.61 Å². The van der Waals surface area contributed by atoms with Crippen molar-refractivity contribution in [3.8, 4) is 5.88 Å². The monoisotopic (exact) mass is 273 g/mol. The quantitative estimate of drug-likeness (QED) is 0.896.